The lowest BCUT2D eigenvalue weighted by Crippen LogP contribution is -2.39. The lowest BCUT2D eigenvalue weighted by Gasteiger charge is -2.21. The number of carbonyl (C=O) groups excluding carboxylic acids is 1. The zero-order valence-corrected chi connectivity index (χ0v) is 15.2. The third kappa shape index (κ3) is 4.83. The van der Waals surface area contributed by atoms with E-state index in [1.807, 2.05) is 31.2 Å². The maximum Gasteiger partial charge on any atom is 0.306 e. The van der Waals surface area contributed by atoms with E-state index in [1.54, 1.807) is 6.92 Å². The van der Waals surface area contributed by atoms with Gasteiger partial charge in [-0.15, -0.1) is 0 Å². The van der Waals surface area contributed by atoms with Gasteiger partial charge in [0, 0.05) is 22.3 Å². The van der Waals surface area contributed by atoms with Crippen LogP contribution in [0.2, 0.25) is 0 Å². The second-order valence-corrected chi connectivity index (χ2v) is 6.40. The molecule has 2 N–H and O–H groups in total. The predicted octanol–water partition coefficient (Wildman–Crippen LogP) is 4.17. The van der Waals surface area contributed by atoms with Gasteiger partial charge in [-0.3, -0.25) is 20.2 Å². The number of hydrogen-bond acceptors (Lipinski definition) is 4. The topological polar surface area (TPSA) is 84.3 Å². The van der Waals surface area contributed by atoms with Gasteiger partial charge in [0.05, 0.1) is 11.0 Å². The standard InChI is InChI=1S/C17H17BrFN3O3/c1-10(13-5-3-4-6-14(13)18)20-11(2)17(23)21-12-7-8-15(19)16(9-12)22(24)25/h3-11,20H,1-2H3,(H,21,23)/t10-,11+/m0/s1. The van der Waals surface area contributed by atoms with E-state index in [0.717, 1.165) is 22.2 Å². The molecule has 2 rings (SSSR count). The Kier molecular flexibility index (Phi) is 6.22. The molecule has 0 aliphatic heterocycles. The van der Waals surface area contributed by atoms with E-state index in [9.17, 15) is 19.3 Å². The van der Waals surface area contributed by atoms with Crippen LogP contribution in [0.15, 0.2) is 46.9 Å². The Hall–Kier alpha value is -2.32. The number of rotatable bonds is 6. The SMILES string of the molecule is C[C@H](N[C@H](C)C(=O)Nc1ccc(F)c([N+](=O)[O-])c1)c1ccccc1Br. The Balaban J connectivity index is 2.04. The summed E-state index contributed by atoms with van der Waals surface area (Å²) in [5.41, 5.74) is 0.486. The summed E-state index contributed by atoms with van der Waals surface area (Å²) >= 11 is 3.47. The number of hydrogen-bond donors (Lipinski definition) is 2. The highest BCUT2D eigenvalue weighted by Gasteiger charge is 2.20. The van der Waals surface area contributed by atoms with Crippen molar-refractivity contribution in [3.63, 3.8) is 0 Å². The van der Waals surface area contributed by atoms with Gasteiger partial charge in [-0.05, 0) is 37.6 Å². The number of anilines is 1. The number of benzene rings is 2. The van der Waals surface area contributed by atoms with E-state index >= 15 is 0 Å². The highest BCUT2D eigenvalue weighted by molar-refractivity contribution is 9.10. The molecule has 0 aromatic heterocycles. The smallest absolute Gasteiger partial charge is 0.306 e. The van der Waals surface area contributed by atoms with Crippen LogP contribution < -0.4 is 10.6 Å². The molecule has 0 radical (unpaired) electrons. The number of halogens is 2. The number of carbonyl (C=O) groups is 1. The molecule has 2 aromatic carbocycles. The summed E-state index contributed by atoms with van der Waals surface area (Å²) in [6.45, 7) is 3.60. The summed E-state index contributed by atoms with van der Waals surface area (Å²) in [4.78, 5) is 22.2. The van der Waals surface area contributed by atoms with Gasteiger partial charge in [-0.2, -0.15) is 4.39 Å². The van der Waals surface area contributed by atoms with E-state index in [0.29, 0.717) is 0 Å². The van der Waals surface area contributed by atoms with Crippen molar-refractivity contribution in [1.29, 1.82) is 0 Å². The van der Waals surface area contributed by atoms with E-state index in [-0.39, 0.29) is 17.6 Å². The molecule has 0 heterocycles. The summed E-state index contributed by atoms with van der Waals surface area (Å²) in [5, 5.41) is 16.5. The average Bonchev–Trinajstić information content (AvgIpc) is 2.56. The number of nitro groups is 1. The second-order valence-electron chi connectivity index (χ2n) is 5.54. The highest BCUT2D eigenvalue weighted by Crippen LogP contribution is 2.24. The lowest BCUT2D eigenvalue weighted by atomic mass is 10.1. The van der Waals surface area contributed by atoms with E-state index in [1.165, 1.54) is 6.07 Å². The second kappa shape index (κ2) is 8.17. The molecule has 0 spiro atoms. The molecule has 0 aliphatic carbocycles. The third-order valence-corrected chi connectivity index (χ3v) is 4.40. The fourth-order valence-electron chi connectivity index (χ4n) is 2.35. The van der Waals surface area contributed by atoms with Crippen LogP contribution in [0, 0.1) is 15.9 Å². The molecule has 6 nitrogen and oxygen atoms in total. The Labute approximate surface area is 152 Å². The minimum Gasteiger partial charge on any atom is -0.324 e. The summed E-state index contributed by atoms with van der Waals surface area (Å²) in [5.74, 6) is -1.32. The van der Waals surface area contributed by atoms with Crippen LogP contribution in [-0.2, 0) is 4.79 Å². The zero-order chi connectivity index (χ0) is 18.6. The molecule has 1 amide bonds. The minimum atomic E-state index is -0.947. The van der Waals surface area contributed by atoms with Crippen molar-refractivity contribution in [2.45, 2.75) is 25.9 Å². The molecule has 0 fully saturated rings. The molecule has 0 saturated heterocycles. The van der Waals surface area contributed by atoms with Crippen molar-refractivity contribution >= 4 is 33.2 Å². The first-order valence-electron chi connectivity index (χ1n) is 7.55. The predicted molar refractivity (Wildman–Crippen MR) is 96.8 cm³/mol. The summed E-state index contributed by atoms with van der Waals surface area (Å²) in [7, 11) is 0. The van der Waals surface area contributed by atoms with Gasteiger partial charge >= 0.3 is 5.69 Å². The Morgan fingerprint density at radius 1 is 1.24 bits per heavy atom. The van der Waals surface area contributed by atoms with E-state index in [4.69, 9.17) is 0 Å². The molecule has 0 unspecified atom stereocenters. The lowest BCUT2D eigenvalue weighted by molar-refractivity contribution is -0.387. The van der Waals surface area contributed by atoms with Crippen molar-refractivity contribution in [3.05, 3.63) is 68.4 Å². The third-order valence-electron chi connectivity index (χ3n) is 3.68. The highest BCUT2D eigenvalue weighted by atomic mass is 79.9. The van der Waals surface area contributed by atoms with Gasteiger partial charge in [0.1, 0.15) is 0 Å². The summed E-state index contributed by atoms with van der Waals surface area (Å²) < 4.78 is 14.3. The van der Waals surface area contributed by atoms with Crippen molar-refractivity contribution in [2.75, 3.05) is 5.32 Å². The van der Waals surface area contributed by atoms with Gasteiger partial charge in [0.15, 0.2) is 0 Å². The number of nitrogens with one attached hydrogen (secondary N) is 2. The minimum absolute atomic E-state index is 0.0983. The van der Waals surface area contributed by atoms with Gasteiger partial charge in [0.2, 0.25) is 11.7 Å². The molecule has 2 aromatic rings. The van der Waals surface area contributed by atoms with Gasteiger partial charge < -0.3 is 5.32 Å². The Morgan fingerprint density at radius 2 is 1.92 bits per heavy atom. The molecule has 0 saturated carbocycles. The molecule has 2 atom stereocenters. The first kappa shape index (κ1) is 19.0. The molecule has 0 aliphatic rings. The van der Waals surface area contributed by atoms with Gasteiger partial charge in [0.25, 0.3) is 0 Å². The van der Waals surface area contributed by atoms with Crippen LogP contribution in [-0.4, -0.2) is 16.9 Å². The Bertz CT molecular complexity index is 800. The van der Waals surface area contributed by atoms with E-state index in [2.05, 4.69) is 26.6 Å². The summed E-state index contributed by atoms with van der Waals surface area (Å²) in [6, 6.07) is 10.2. The fraction of sp³-hybridized carbons (Fsp3) is 0.235. The normalized spacial score (nSPS) is 13.1. The number of nitrogens with zero attached hydrogens (tertiary/aromatic N) is 1. The van der Waals surface area contributed by atoms with Crippen molar-refractivity contribution in [2.24, 2.45) is 0 Å². The van der Waals surface area contributed by atoms with Gasteiger partial charge in [-0.1, -0.05) is 34.1 Å². The van der Waals surface area contributed by atoms with Crippen LogP contribution in [0.5, 0.6) is 0 Å². The van der Waals surface area contributed by atoms with Gasteiger partial charge in [-0.25, -0.2) is 0 Å². The first-order chi connectivity index (χ1) is 11.8. The number of amides is 1. The molecule has 132 valence electrons. The molecule has 0 bridgehead atoms. The van der Waals surface area contributed by atoms with Crippen LogP contribution >= 0.6 is 15.9 Å². The van der Waals surface area contributed by atoms with Crippen molar-refractivity contribution in [3.8, 4) is 0 Å². The van der Waals surface area contributed by atoms with Crippen LogP contribution in [0.3, 0.4) is 0 Å². The first-order valence-corrected chi connectivity index (χ1v) is 8.34. The quantitative estimate of drug-likeness (QED) is 0.553. The van der Waals surface area contributed by atoms with Crippen LogP contribution in [0.1, 0.15) is 25.5 Å². The molecular formula is C17H17BrFN3O3. The summed E-state index contributed by atoms with van der Waals surface area (Å²) in [6.07, 6.45) is 0. The van der Waals surface area contributed by atoms with Crippen LogP contribution in [0.25, 0.3) is 0 Å². The maximum atomic E-state index is 13.3. The van der Waals surface area contributed by atoms with Crippen molar-refractivity contribution in [1.82, 2.24) is 5.32 Å². The molecular weight excluding hydrogens is 393 g/mol. The van der Waals surface area contributed by atoms with Crippen molar-refractivity contribution < 1.29 is 14.1 Å². The number of nitro benzene ring substituents is 1. The average molecular weight is 410 g/mol. The molecule has 8 heteroatoms. The van der Waals surface area contributed by atoms with E-state index < -0.39 is 22.5 Å². The van der Waals surface area contributed by atoms with Crippen LogP contribution in [0.4, 0.5) is 15.8 Å². The zero-order valence-electron chi connectivity index (χ0n) is 13.6. The fourth-order valence-corrected chi connectivity index (χ4v) is 2.98. The Morgan fingerprint density at radius 3 is 2.56 bits per heavy atom. The molecule has 25 heavy (non-hydrogen) atoms. The maximum absolute atomic E-state index is 13.3. The monoisotopic (exact) mass is 409 g/mol. The largest absolute Gasteiger partial charge is 0.324 e.